The van der Waals surface area contributed by atoms with Crippen LogP contribution in [0.2, 0.25) is 0 Å². The Bertz CT molecular complexity index is 1430. The topological polar surface area (TPSA) is 105 Å². The van der Waals surface area contributed by atoms with Crippen LogP contribution in [0.25, 0.3) is 0 Å². The Kier molecular flexibility index (Phi) is 9.38. The highest BCUT2D eigenvalue weighted by Gasteiger charge is 2.31. The molecule has 0 unspecified atom stereocenters. The van der Waals surface area contributed by atoms with Crippen LogP contribution in [0.4, 0.5) is 10.1 Å². The summed E-state index contributed by atoms with van der Waals surface area (Å²) in [6.45, 7) is 2.96. The van der Waals surface area contributed by atoms with Gasteiger partial charge >= 0.3 is 5.97 Å². The van der Waals surface area contributed by atoms with E-state index in [9.17, 15) is 22.4 Å². The Balaban J connectivity index is 1.43. The second-order valence-corrected chi connectivity index (χ2v) is 11.1. The van der Waals surface area contributed by atoms with Gasteiger partial charge in [-0.05, 0) is 42.3 Å². The molecule has 9 nitrogen and oxygen atoms in total. The number of hydrogen-bond donors (Lipinski definition) is 1. The number of nitrogens with one attached hydrogen (secondary N) is 1. The number of benzene rings is 3. The van der Waals surface area contributed by atoms with Crippen LogP contribution in [0, 0.1) is 5.82 Å². The minimum atomic E-state index is -3.82. The van der Waals surface area contributed by atoms with Crippen molar-refractivity contribution in [3.05, 3.63) is 89.7 Å². The standard InChI is InChI=1S/C29H32FN3O6S/c1-21(34)39-28(23-6-4-3-5-7-23)29(35)33-18-16-32(17-19-33)26-20-25(12-13-27(26)38-2)40(36,37)31-15-14-22-8-10-24(30)11-9-22/h3-13,20,28,31H,14-19H2,1-2H3/t28-/m1/s1. The van der Waals surface area contributed by atoms with Crippen LogP contribution < -0.4 is 14.4 Å². The molecule has 1 atom stereocenters. The van der Waals surface area contributed by atoms with E-state index in [0.717, 1.165) is 5.56 Å². The lowest BCUT2D eigenvalue weighted by atomic mass is 10.1. The SMILES string of the molecule is COc1ccc(S(=O)(=O)NCCc2ccc(F)cc2)cc1N1CCN(C(=O)[C@H](OC(C)=O)c2ccccc2)CC1. The number of halogens is 1. The van der Waals surface area contributed by atoms with Crippen molar-refractivity contribution in [2.24, 2.45) is 0 Å². The lowest BCUT2D eigenvalue weighted by Gasteiger charge is -2.38. The Hall–Kier alpha value is -3.96. The fourth-order valence-electron chi connectivity index (χ4n) is 4.54. The van der Waals surface area contributed by atoms with E-state index in [1.54, 1.807) is 53.4 Å². The first kappa shape index (κ1) is 29.0. The average Bonchev–Trinajstić information content (AvgIpc) is 2.96. The molecule has 3 aromatic rings. The number of carbonyl (C=O) groups is 2. The van der Waals surface area contributed by atoms with Gasteiger partial charge in [0.05, 0.1) is 17.7 Å². The second-order valence-electron chi connectivity index (χ2n) is 9.32. The summed E-state index contributed by atoms with van der Waals surface area (Å²) in [6.07, 6.45) is -0.621. The summed E-state index contributed by atoms with van der Waals surface area (Å²) in [5, 5.41) is 0. The molecule has 0 bridgehead atoms. The van der Waals surface area contributed by atoms with Gasteiger partial charge in [-0.25, -0.2) is 17.5 Å². The molecule has 0 saturated carbocycles. The number of piperazine rings is 1. The van der Waals surface area contributed by atoms with Crippen molar-refractivity contribution in [2.75, 3.05) is 44.7 Å². The molecule has 0 aliphatic carbocycles. The highest BCUT2D eigenvalue weighted by atomic mass is 32.2. The van der Waals surface area contributed by atoms with Gasteiger partial charge < -0.3 is 19.3 Å². The molecular weight excluding hydrogens is 537 g/mol. The molecular formula is C29H32FN3O6S. The molecule has 0 radical (unpaired) electrons. The third-order valence-corrected chi connectivity index (χ3v) is 8.08. The van der Waals surface area contributed by atoms with E-state index in [-0.39, 0.29) is 23.2 Å². The Labute approximate surface area is 233 Å². The van der Waals surface area contributed by atoms with E-state index in [2.05, 4.69) is 4.72 Å². The molecule has 1 N–H and O–H groups in total. The van der Waals surface area contributed by atoms with Crippen LogP contribution in [0.3, 0.4) is 0 Å². The molecule has 4 rings (SSSR count). The number of esters is 1. The fourth-order valence-corrected chi connectivity index (χ4v) is 5.59. The number of hydrogen-bond acceptors (Lipinski definition) is 7. The highest BCUT2D eigenvalue weighted by molar-refractivity contribution is 7.89. The van der Waals surface area contributed by atoms with Crippen LogP contribution in [0.5, 0.6) is 5.75 Å². The van der Waals surface area contributed by atoms with Crippen molar-refractivity contribution >= 4 is 27.6 Å². The van der Waals surface area contributed by atoms with Gasteiger partial charge in [0, 0.05) is 45.2 Å². The van der Waals surface area contributed by atoms with Gasteiger partial charge in [0.15, 0.2) is 0 Å². The summed E-state index contributed by atoms with van der Waals surface area (Å²) in [5.41, 5.74) is 2.00. The number of anilines is 1. The molecule has 40 heavy (non-hydrogen) atoms. The average molecular weight is 570 g/mol. The van der Waals surface area contributed by atoms with Crippen LogP contribution in [0.1, 0.15) is 24.2 Å². The molecule has 0 spiro atoms. The monoisotopic (exact) mass is 569 g/mol. The first-order valence-corrected chi connectivity index (χ1v) is 14.3. The minimum absolute atomic E-state index is 0.0833. The predicted molar refractivity (Wildman–Crippen MR) is 148 cm³/mol. The maximum absolute atomic E-state index is 13.3. The van der Waals surface area contributed by atoms with Crippen molar-refractivity contribution in [3.63, 3.8) is 0 Å². The van der Waals surface area contributed by atoms with Gasteiger partial charge in [-0.1, -0.05) is 42.5 Å². The first-order valence-electron chi connectivity index (χ1n) is 12.9. The molecule has 11 heteroatoms. The normalized spacial score (nSPS) is 14.5. The van der Waals surface area contributed by atoms with Gasteiger partial charge in [-0.3, -0.25) is 9.59 Å². The van der Waals surface area contributed by atoms with Gasteiger partial charge in [-0.2, -0.15) is 0 Å². The summed E-state index contributed by atoms with van der Waals surface area (Å²) < 4.78 is 52.6. The predicted octanol–water partition coefficient (Wildman–Crippen LogP) is 3.31. The lowest BCUT2D eigenvalue weighted by Crippen LogP contribution is -2.50. The van der Waals surface area contributed by atoms with Crippen LogP contribution in [0.15, 0.2) is 77.7 Å². The van der Waals surface area contributed by atoms with E-state index in [1.165, 1.54) is 32.2 Å². The number of rotatable bonds is 10. The minimum Gasteiger partial charge on any atom is -0.495 e. The highest BCUT2D eigenvalue weighted by Crippen LogP contribution is 2.32. The van der Waals surface area contributed by atoms with Crippen molar-refractivity contribution in [3.8, 4) is 5.75 Å². The van der Waals surface area contributed by atoms with Crippen molar-refractivity contribution in [1.29, 1.82) is 0 Å². The Morgan fingerprint density at radius 2 is 1.65 bits per heavy atom. The van der Waals surface area contributed by atoms with Crippen LogP contribution in [-0.4, -0.2) is 65.0 Å². The van der Waals surface area contributed by atoms with E-state index < -0.39 is 22.1 Å². The quantitative estimate of drug-likeness (QED) is 0.374. The van der Waals surface area contributed by atoms with E-state index in [0.29, 0.717) is 49.6 Å². The maximum atomic E-state index is 13.3. The fraction of sp³-hybridized carbons (Fsp3) is 0.310. The summed E-state index contributed by atoms with van der Waals surface area (Å²) in [7, 11) is -2.31. The van der Waals surface area contributed by atoms with Crippen molar-refractivity contribution < 1.29 is 31.9 Å². The number of carbonyl (C=O) groups excluding carboxylic acids is 2. The molecule has 1 amide bonds. The molecule has 3 aromatic carbocycles. The van der Waals surface area contributed by atoms with E-state index in [4.69, 9.17) is 9.47 Å². The zero-order chi connectivity index (χ0) is 28.7. The molecule has 1 saturated heterocycles. The smallest absolute Gasteiger partial charge is 0.303 e. The van der Waals surface area contributed by atoms with Gasteiger partial charge in [-0.15, -0.1) is 0 Å². The molecule has 0 aromatic heterocycles. The Morgan fingerprint density at radius 3 is 2.27 bits per heavy atom. The van der Waals surface area contributed by atoms with Crippen LogP contribution in [-0.2, 0) is 30.8 Å². The van der Waals surface area contributed by atoms with Gasteiger partial charge in [0.25, 0.3) is 5.91 Å². The van der Waals surface area contributed by atoms with Crippen molar-refractivity contribution in [2.45, 2.75) is 24.3 Å². The zero-order valence-corrected chi connectivity index (χ0v) is 23.2. The molecule has 1 aliphatic rings. The largest absolute Gasteiger partial charge is 0.495 e. The first-order chi connectivity index (χ1) is 19.2. The van der Waals surface area contributed by atoms with Gasteiger partial charge in [0.2, 0.25) is 16.1 Å². The maximum Gasteiger partial charge on any atom is 0.303 e. The summed E-state index contributed by atoms with van der Waals surface area (Å²) in [5.74, 6) is -0.697. The molecule has 1 heterocycles. The van der Waals surface area contributed by atoms with E-state index >= 15 is 0 Å². The molecule has 1 fully saturated rings. The number of amides is 1. The summed E-state index contributed by atoms with van der Waals surface area (Å²) in [4.78, 5) is 28.7. The third kappa shape index (κ3) is 7.16. The Morgan fingerprint density at radius 1 is 0.975 bits per heavy atom. The summed E-state index contributed by atoms with van der Waals surface area (Å²) in [6, 6.07) is 19.4. The van der Waals surface area contributed by atoms with Crippen molar-refractivity contribution in [1.82, 2.24) is 9.62 Å². The van der Waals surface area contributed by atoms with E-state index in [1.807, 2.05) is 11.0 Å². The number of methoxy groups -OCH3 is 1. The van der Waals surface area contributed by atoms with Crippen LogP contribution >= 0.6 is 0 Å². The number of sulfonamides is 1. The summed E-state index contributed by atoms with van der Waals surface area (Å²) >= 11 is 0. The molecule has 212 valence electrons. The van der Waals surface area contributed by atoms with Gasteiger partial charge in [0.1, 0.15) is 11.6 Å². The number of ether oxygens (including phenoxy) is 2. The second kappa shape index (κ2) is 12.9. The molecule has 1 aliphatic heterocycles. The lowest BCUT2D eigenvalue weighted by molar-refractivity contribution is -0.159. The zero-order valence-electron chi connectivity index (χ0n) is 22.4. The third-order valence-electron chi connectivity index (χ3n) is 6.62. The number of nitrogens with zero attached hydrogens (tertiary/aromatic N) is 2.